The average Bonchev–Trinajstić information content (AvgIpc) is 2.34. The minimum Gasteiger partial charge on any atom is -0.496 e. The first-order valence-corrected chi connectivity index (χ1v) is 5.43. The van der Waals surface area contributed by atoms with E-state index < -0.39 is 18.0 Å². The molecule has 0 spiro atoms. The Morgan fingerprint density at radius 1 is 1.39 bits per heavy atom. The zero-order valence-corrected chi connectivity index (χ0v) is 10.3. The number of esters is 1. The quantitative estimate of drug-likeness (QED) is 0.592. The maximum absolute atomic E-state index is 11.9. The van der Waals surface area contributed by atoms with Crippen molar-refractivity contribution in [1.82, 2.24) is 0 Å². The van der Waals surface area contributed by atoms with E-state index in [0.29, 0.717) is 17.9 Å². The summed E-state index contributed by atoms with van der Waals surface area (Å²) >= 11 is 0. The predicted octanol–water partition coefficient (Wildman–Crippen LogP) is 0.698. The molecule has 1 amide bonds. The number of nitrogen functional groups attached to an aromatic ring is 1. The van der Waals surface area contributed by atoms with Crippen LogP contribution in [-0.2, 0) is 9.53 Å². The highest BCUT2D eigenvalue weighted by molar-refractivity contribution is 5.95. The molecule has 1 atom stereocenters. The number of methoxy groups -OCH3 is 1. The molecule has 0 fully saturated rings. The first kappa shape index (κ1) is 13.8. The Hall–Kier alpha value is -2.24. The van der Waals surface area contributed by atoms with E-state index in [0.717, 1.165) is 0 Å². The maximum Gasteiger partial charge on any atom is 0.342 e. The van der Waals surface area contributed by atoms with Gasteiger partial charge in [-0.2, -0.15) is 0 Å². The first-order valence-electron chi connectivity index (χ1n) is 5.43. The van der Waals surface area contributed by atoms with Gasteiger partial charge in [-0.3, -0.25) is 4.79 Å². The number of hydrogen-bond donors (Lipinski definition) is 2. The number of amides is 1. The van der Waals surface area contributed by atoms with Gasteiger partial charge in [-0.05, 0) is 18.6 Å². The van der Waals surface area contributed by atoms with E-state index in [2.05, 4.69) is 0 Å². The molecule has 0 bridgehead atoms. The predicted molar refractivity (Wildman–Crippen MR) is 66.1 cm³/mol. The van der Waals surface area contributed by atoms with E-state index in [1.54, 1.807) is 13.0 Å². The number of anilines is 1. The van der Waals surface area contributed by atoms with Crippen LogP contribution in [0.3, 0.4) is 0 Å². The van der Waals surface area contributed by atoms with Gasteiger partial charge < -0.3 is 20.9 Å². The molecule has 6 nitrogen and oxygen atoms in total. The van der Waals surface area contributed by atoms with Crippen molar-refractivity contribution in [3.05, 3.63) is 23.8 Å². The minimum absolute atomic E-state index is 0.200. The number of benzene rings is 1. The van der Waals surface area contributed by atoms with Gasteiger partial charge in [0.15, 0.2) is 6.10 Å². The Labute approximate surface area is 105 Å². The summed E-state index contributed by atoms with van der Waals surface area (Å²) < 4.78 is 10.0. The van der Waals surface area contributed by atoms with E-state index in [1.807, 2.05) is 0 Å². The molecule has 0 saturated heterocycles. The van der Waals surface area contributed by atoms with Crippen LogP contribution >= 0.6 is 0 Å². The largest absolute Gasteiger partial charge is 0.496 e. The van der Waals surface area contributed by atoms with Crippen LogP contribution in [0.1, 0.15) is 23.7 Å². The van der Waals surface area contributed by atoms with E-state index in [1.165, 1.54) is 19.2 Å². The third-order valence-corrected chi connectivity index (χ3v) is 2.38. The van der Waals surface area contributed by atoms with Crippen molar-refractivity contribution in [2.45, 2.75) is 19.4 Å². The Morgan fingerprint density at radius 3 is 2.56 bits per heavy atom. The van der Waals surface area contributed by atoms with Crippen molar-refractivity contribution in [2.75, 3.05) is 12.8 Å². The van der Waals surface area contributed by atoms with Crippen molar-refractivity contribution >= 4 is 17.6 Å². The monoisotopic (exact) mass is 252 g/mol. The molecule has 18 heavy (non-hydrogen) atoms. The lowest BCUT2D eigenvalue weighted by Gasteiger charge is -2.14. The molecule has 0 aliphatic rings. The standard InChI is InChI=1S/C12H16N2O4/c1-3-9(11(14)15)18-12(16)8-5-4-7(13)6-10(8)17-2/h4-6,9H,3,13H2,1-2H3,(H2,14,15). The number of ether oxygens (including phenoxy) is 2. The lowest BCUT2D eigenvalue weighted by molar-refractivity contribution is -0.126. The topological polar surface area (TPSA) is 105 Å². The average molecular weight is 252 g/mol. The Kier molecular flexibility index (Phi) is 4.53. The van der Waals surface area contributed by atoms with Gasteiger partial charge in [-0.1, -0.05) is 6.92 Å². The normalized spacial score (nSPS) is 11.7. The van der Waals surface area contributed by atoms with E-state index in [-0.39, 0.29) is 5.56 Å². The summed E-state index contributed by atoms with van der Waals surface area (Å²) in [7, 11) is 1.41. The van der Waals surface area contributed by atoms with Crippen LogP contribution in [-0.4, -0.2) is 25.1 Å². The van der Waals surface area contributed by atoms with Crippen molar-refractivity contribution in [2.24, 2.45) is 5.73 Å². The Bertz CT molecular complexity index is 459. The van der Waals surface area contributed by atoms with Crippen LogP contribution in [0, 0.1) is 0 Å². The molecule has 4 N–H and O–H groups in total. The molecular formula is C12H16N2O4. The fraction of sp³-hybridized carbons (Fsp3) is 0.333. The molecule has 0 aromatic heterocycles. The smallest absolute Gasteiger partial charge is 0.342 e. The molecule has 0 radical (unpaired) electrons. The van der Waals surface area contributed by atoms with E-state index in [4.69, 9.17) is 20.9 Å². The SMILES string of the molecule is CCC(OC(=O)c1ccc(N)cc1OC)C(N)=O. The van der Waals surface area contributed by atoms with Crippen molar-refractivity contribution < 1.29 is 19.1 Å². The maximum atomic E-state index is 11.9. The summed E-state index contributed by atoms with van der Waals surface area (Å²) in [6, 6.07) is 4.52. The van der Waals surface area contributed by atoms with Crippen molar-refractivity contribution in [3.63, 3.8) is 0 Å². The highest BCUT2D eigenvalue weighted by Gasteiger charge is 2.21. The highest BCUT2D eigenvalue weighted by Crippen LogP contribution is 2.22. The van der Waals surface area contributed by atoms with Gasteiger partial charge in [0.1, 0.15) is 11.3 Å². The van der Waals surface area contributed by atoms with Crippen LogP contribution in [0.2, 0.25) is 0 Å². The second kappa shape index (κ2) is 5.90. The number of nitrogens with two attached hydrogens (primary N) is 2. The van der Waals surface area contributed by atoms with E-state index >= 15 is 0 Å². The van der Waals surface area contributed by atoms with Gasteiger partial charge in [0.05, 0.1) is 7.11 Å². The fourth-order valence-electron chi connectivity index (χ4n) is 1.41. The highest BCUT2D eigenvalue weighted by atomic mass is 16.5. The second-order valence-corrected chi connectivity index (χ2v) is 3.66. The molecule has 1 aromatic rings. The zero-order chi connectivity index (χ0) is 13.7. The number of carbonyl (C=O) groups excluding carboxylic acids is 2. The zero-order valence-electron chi connectivity index (χ0n) is 10.3. The summed E-state index contributed by atoms with van der Waals surface area (Å²) in [6.45, 7) is 1.70. The van der Waals surface area contributed by atoms with Gasteiger partial charge in [0.2, 0.25) is 0 Å². The summed E-state index contributed by atoms with van der Waals surface area (Å²) in [4.78, 5) is 22.9. The van der Waals surface area contributed by atoms with Crippen molar-refractivity contribution in [1.29, 1.82) is 0 Å². The van der Waals surface area contributed by atoms with Crippen LogP contribution in [0.4, 0.5) is 5.69 Å². The van der Waals surface area contributed by atoms with Crippen molar-refractivity contribution in [3.8, 4) is 5.75 Å². The molecular weight excluding hydrogens is 236 g/mol. The third-order valence-electron chi connectivity index (χ3n) is 2.38. The molecule has 1 rings (SSSR count). The van der Waals surface area contributed by atoms with Gasteiger partial charge in [-0.25, -0.2) is 4.79 Å². The van der Waals surface area contributed by atoms with Crippen LogP contribution in [0.25, 0.3) is 0 Å². The first-order chi connectivity index (χ1) is 8.49. The molecule has 1 unspecified atom stereocenters. The van der Waals surface area contributed by atoms with Crippen LogP contribution < -0.4 is 16.2 Å². The molecule has 0 saturated carbocycles. The van der Waals surface area contributed by atoms with Crippen LogP contribution in [0.15, 0.2) is 18.2 Å². The minimum atomic E-state index is -0.945. The molecule has 98 valence electrons. The number of primary amides is 1. The third kappa shape index (κ3) is 3.13. The van der Waals surface area contributed by atoms with Gasteiger partial charge in [-0.15, -0.1) is 0 Å². The summed E-state index contributed by atoms with van der Waals surface area (Å²) in [5.74, 6) is -1.06. The second-order valence-electron chi connectivity index (χ2n) is 3.66. The van der Waals surface area contributed by atoms with Gasteiger partial charge >= 0.3 is 5.97 Å². The van der Waals surface area contributed by atoms with E-state index in [9.17, 15) is 9.59 Å². The van der Waals surface area contributed by atoms with Gasteiger partial charge in [0.25, 0.3) is 5.91 Å². The summed E-state index contributed by atoms with van der Waals surface area (Å²) in [6.07, 6.45) is -0.627. The molecule has 1 aromatic carbocycles. The number of hydrogen-bond acceptors (Lipinski definition) is 5. The number of carbonyl (C=O) groups is 2. The molecule has 0 aliphatic heterocycles. The summed E-state index contributed by atoms with van der Waals surface area (Å²) in [5, 5.41) is 0. The lowest BCUT2D eigenvalue weighted by Crippen LogP contribution is -2.32. The Balaban J connectivity index is 2.93. The molecule has 0 aliphatic carbocycles. The summed E-state index contributed by atoms with van der Waals surface area (Å²) in [5.41, 5.74) is 11.3. The fourth-order valence-corrected chi connectivity index (χ4v) is 1.41. The van der Waals surface area contributed by atoms with Crippen LogP contribution in [0.5, 0.6) is 5.75 Å². The molecule has 6 heteroatoms. The Morgan fingerprint density at radius 2 is 2.06 bits per heavy atom. The molecule has 0 heterocycles. The van der Waals surface area contributed by atoms with Gasteiger partial charge in [0, 0.05) is 11.8 Å². The lowest BCUT2D eigenvalue weighted by atomic mass is 10.1. The number of rotatable bonds is 5.